The van der Waals surface area contributed by atoms with E-state index in [1.165, 1.54) is 0 Å². The Morgan fingerprint density at radius 2 is 1.95 bits per heavy atom. The van der Waals surface area contributed by atoms with Crippen LogP contribution in [-0.4, -0.2) is 40.1 Å². The predicted octanol–water partition coefficient (Wildman–Crippen LogP) is 6.51. The van der Waals surface area contributed by atoms with Crippen molar-refractivity contribution >= 4 is 29.3 Å². The van der Waals surface area contributed by atoms with Gasteiger partial charge in [-0.1, -0.05) is 50.2 Å². The van der Waals surface area contributed by atoms with Crippen LogP contribution in [-0.2, 0) is 4.79 Å². The molecule has 1 aromatic heterocycles. The molecule has 0 saturated heterocycles. The summed E-state index contributed by atoms with van der Waals surface area (Å²) in [5, 5.41) is 11.9. The molecule has 9 heteroatoms. The van der Waals surface area contributed by atoms with E-state index in [9.17, 15) is 4.79 Å². The smallest absolute Gasteiger partial charge is 0.255 e. The van der Waals surface area contributed by atoms with E-state index in [0.717, 1.165) is 53.1 Å². The van der Waals surface area contributed by atoms with Crippen molar-refractivity contribution in [3.8, 4) is 11.5 Å². The predicted molar refractivity (Wildman–Crippen MR) is 153 cm³/mol. The number of benzene rings is 2. The lowest BCUT2D eigenvalue weighted by Crippen LogP contribution is -2.31. The molecule has 0 fully saturated rings. The number of carbonyl (C=O) groups is 1. The van der Waals surface area contributed by atoms with Crippen LogP contribution >= 0.6 is 11.8 Å². The minimum atomic E-state index is -0.501. The van der Waals surface area contributed by atoms with E-state index in [1.54, 1.807) is 23.6 Å². The van der Waals surface area contributed by atoms with Crippen LogP contribution in [0.2, 0.25) is 0 Å². The van der Waals surface area contributed by atoms with Gasteiger partial charge in [-0.05, 0) is 68.5 Å². The lowest BCUT2D eigenvalue weighted by molar-refractivity contribution is -0.113. The van der Waals surface area contributed by atoms with E-state index in [-0.39, 0.29) is 5.91 Å². The van der Waals surface area contributed by atoms with Crippen LogP contribution in [0.15, 0.2) is 52.8 Å². The number of amides is 1. The molecule has 202 valence electrons. The third kappa shape index (κ3) is 5.83. The molecule has 0 spiro atoms. The Kier molecular flexibility index (Phi) is 8.99. The highest BCUT2D eigenvalue weighted by Crippen LogP contribution is 2.40. The number of nitrogens with one attached hydrogen (secondary N) is 2. The van der Waals surface area contributed by atoms with Crippen molar-refractivity contribution in [2.45, 2.75) is 65.1 Å². The molecular weight excluding hydrogens is 498 g/mol. The molecule has 0 bridgehead atoms. The first-order valence-electron chi connectivity index (χ1n) is 13.1. The molecule has 4 rings (SSSR count). The summed E-state index contributed by atoms with van der Waals surface area (Å²) in [6, 6.07) is 11.2. The second-order valence-electron chi connectivity index (χ2n) is 9.39. The Labute approximate surface area is 229 Å². The summed E-state index contributed by atoms with van der Waals surface area (Å²) in [7, 11) is 1.63. The van der Waals surface area contributed by atoms with E-state index in [1.807, 2.05) is 57.2 Å². The van der Waals surface area contributed by atoms with Gasteiger partial charge < -0.3 is 20.1 Å². The van der Waals surface area contributed by atoms with Crippen molar-refractivity contribution in [2.24, 2.45) is 0 Å². The van der Waals surface area contributed by atoms with Gasteiger partial charge in [0.15, 0.2) is 11.5 Å². The second kappa shape index (κ2) is 12.4. The zero-order valence-corrected chi connectivity index (χ0v) is 23.9. The highest BCUT2D eigenvalue weighted by molar-refractivity contribution is 7.99. The van der Waals surface area contributed by atoms with Crippen LogP contribution in [0.3, 0.4) is 0 Å². The van der Waals surface area contributed by atoms with Crippen LogP contribution in [0.1, 0.15) is 62.8 Å². The van der Waals surface area contributed by atoms with Crippen LogP contribution in [0.25, 0.3) is 0 Å². The van der Waals surface area contributed by atoms with Crippen LogP contribution in [0, 0.1) is 13.8 Å². The van der Waals surface area contributed by atoms with Gasteiger partial charge in [-0.15, -0.1) is 5.10 Å². The molecule has 2 N–H and O–H groups in total. The molecule has 0 radical (unpaired) electrons. The molecule has 0 aliphatic carbocycles. The molecule has 3 aromatic rings. The van der Waals surface area contributed by atoms with Gasteiger partial charge in [0.2, 0.25) is 11.1 Å². The number of carbonyl (C=O) groups excluding carboxylic acids is 1. The average Bonchev–Trinajstić information content (AvgIpc) is 3.31. The maximum atomic E-state index is 13.9. The molecule has 2 aromatic carbocycles. The molecule has 1 aliphatic heterocycles. The van der Waals surface area contributed by atoms with Crippen molar-refractivity contribution in [2.75, 3.05) is 30.1 Å². The van der Waals surface area contributed by atoms with Gasteiger partial charge in [0.1, 0.15) is 6.04 Å². The average molecular weight is 536 g/mol. The first kappa shape index (κ1) is 27.6. The van der Waals surface area contributed by atoms with Crippen molar-refractivity contribution < 1.29 is 14.3 Å². The van der Waals surface area contributed by atoms with Gasteiger partial charge in [-0.25, -0.2) is 4.68 Å². The highest BCUT2D eigenvalue weighted by Gasteiger charge is 2.35. The first-order chi connectivity index (χ1) is 18.4. The molecular formula is C29H37N5O3S. The molecule has 1 amide bonds. The number of allylic oxidation sites excluding steroid dienone is 1. The SMILES string of the molecule is CCCCOc1ccc(C2C(C(=O)Nc3cccc(C)c3C)=C(C)Nc3nc(SCCC)nn32)cc1OC. The Morgan fingerprint density at radius 1 is 1.13 bits per heavy atom. The van der Waals surface area contributed by atoms with Gasteiger partial charge in [0, 0.05) is 17.1 Å². The number of ether oxygens (including phenoxy) is 2. The number of methoxy groups -OCH3 is 1. The van der Waals surface area contributed by atoms with Crippen molar-refractivity contribution in [3.63, 3.8) is 0 Å². The third-order valence-corrected chi connectivity index (χ3v) is 7.67. The van der Waals surface area contributed by atoms with Crippen LogP contribution in [0.4, 0.5) is 11.6 Å². The number of hydrogen-bond acceptors (Lipinski definition) is 7. The van der Waals surface area contributed by atoms with Gasteiger partial charge in [-0.3, -0.25) is 4.79 Å². The molecule has 0 saturated carbocycles. The minimum Gasteiger partial charge on any atom is -0.493 e. The topological polar surface area (TPSA) is 90.3 Å². The number of thioether (sulfide) groups is 1. The number of fused-ring (bicyclic) bond motifs is 1. The van der Waals surface area contributed by atoms with Crippen molar-refractivity contribution in [1.82, 2.24) is 14.8 Å². The standard InChI is InChI=1S/C29H37N5O3S/c1-7-9-15-37-23-14-13-21(17-24(23)36-6)26-25(27(35)31-22-12-10-11-18(3)19(22)4)20(5)30-28-32-29(33-34(26)28)38-16-8-2/h10-14,17,26H,7-9,15-16H2,1-6H3,(H,31,35)(H,30,32,33). The summed E-state index contributed by atoms with van der Waals surface area (Å²) in [6.45, 7) is 10.8. The summed E-state index contributed by atoms with van der Waals surface area (Å²) in [5.41, 5.74) is 5.09. The summed E-state index contributed by atoms with van der Waals surface area (Å²) in [4.78, 5) is 18.6. The maximum Gasteiger partial charge on any atom is 0.255 e. The summed E-state index contributed by atoms with van der Waals surface area (Å²) >= 11 is 1.60. The maximum absolute atomic E-state index is 13.9. The lowest BCUT2D eigenvalue weighted by Gasteiger charge is -2.29. The molecule has 1 atom stereocenters. The van der Waals surface area contributed by atoms with Crippen molar-refractivity contribution in [3.05, 3.63) is 64.4 Å². The Morgan fingerprint density at radius 3 is 2.68 bits per heavy atom. The van der Waals surface area contributed by atoms with Gasteiger partial charge in [-0.2, -0.15) is 4.98 Å². The van der Waals surface area contributed by atoms with Gasteiger partial charge >= 0.3 is 0 Å². The first-order valence-corrected chi connectivity index (χ1v) is 14.1. The highest BCUT2D eigenvalue weighted by atomic mass is 32.2. The Bertz CT molecular complexity index is 1330. The fourth-order valence-electron chi connectivity index (χ4n) is 4.36. The number of aryl methyl sites for hydroxylation is 1. The number of aromatic nitrogens is 3. The number of hydrogen-bond donors (Lipinski definition) is 2. The van der Waals surface area contributed by atoms with Crippen LogP contribution < -0.4 is 20.1 Å². The third-order valence-electron chi connectivity index (χ3n) is 6.62. The van der Waals surface area contributed by atoms with E-state index < -0.39 is 6.04 Å². The minimum absolute atomic E-state index is 0.195. The largest absolute Gasteiger partial charge is 0.493 e. The second-order valence-corrected chi connectivity index (χ2v) is 10.5. The fourth-order valence-corrected chi connectivity index (χ4v) is 5.05. The van der Waals surface area contributed by atoms with E-state index >= 15 is 0 Å². The fraction of sp³-hybridized carbons (Fsp3) is 0.414. The van der Waals surface area contributed by atoms with Gasteiger partial charge in [0.05, 0.1) is 19.3 Å². The molecule has 1 unspecified atom stereocenters. The Hall–Kier alpha value is -3.46. The lowest BCUT2D eigenvalue weighted by atomic mass is 9.94. The molecule has 2 heterocycles. The molecule has 1 aliphatic rings. The van der Waals surface area contributed by atoms with Crippen LogP contribution in [0.5, 0.6) is 11.5 Å². The van der Waals surface area contributed by atoms with E-state index in [0.29, 0.717) is 34.8 Å². The number of unbranched alkanes of at least 4 members (excludes halogenated alkanes) is 1. The van der Waals surface area contributed by atoms with Crippen molar-refractivity contribution in [1.29, 1.82) is 0 Å². The zero-order chi connectivity index (χ0) is 27.2. The summed E-state index contributed by atoms with van der Waals surface area (Å²) < 4.78 is 13.5. The van der Waals surface area contributed by atoms with E-state index in [4.69, 9.17) is 19.6 Å². The number of nitrogens with zero attached hydrogens (tertiary/aromatic N) is 3. The van der Waals surface area contributed by atoms with E-state index in [2.05, 4.69) is 24.5 Å². The molecule has 38 heavy (non-hydrogen) atoms. The summed E-state index contributed by atoms with van der Waals surface area (Å²) in [6.07, 6.45) is 3.03. The molecule has 8 nitrogen and oxygen atoms in total. The summed E-state index contributed by atoms with van der Waals surface area (Å²) in [5.74, 6) is 2.62. The normalized spacial score (nSPS) is 14.6. The Balaban J connectivity index is 1.77. The van der Waals surface area contributed by atoms with Gasteiger partial charge in [0.25, 0.3) is 5.91 Å². The number of rotatable bonds is 11. The quantitative estimate of drug-likeness (QED) is 0.214. The zero-order valence-electron chi connectivity index (χ0n) is 23.1. The monoisotopic (exact) mass is 535 g/mol. The number of anilines is 2.